The summed E-state index contributed by atoms with van der Waals surface area (Å²) in [6, 6.07) is 4.66. The maximum Gasteiger partial charge on any atom is 0.219 e. The molecule has 0 radical (unpaired) electrons. The van der Waals surface area contributed by atoms with Crippen LogP contribution in [0.25, 0.3) is 0 Å². The van der Waals surface area contributed by atoms with Crippen molar-refractivity contribution in [2.45, 2.75) is 52.5 Å². The minimum Gasteiger partial charge on any atom is -0.382 e. The number of carbonyl (C=O) groups excluding carboxylic acids is 2. The first kappa shape index (κ1) is 20.4. The van der Waals surface area contributed by atoms with E-state index in [0.717, 1.165) is 69.3 Å². The minimum atomic E-state index is 0.141. The van der Waals surface area contributed by atoms with Crippen molar-refractivity contribution in [3.63, 3.8) is 0 Å². The van der Waals surface area contributed by atoms with Gasteiger partial charge in [-0.25, -0.2) is 4.98 Å². The van der Waals surface area contributed by atoms with Gasteiger partial charge in [-0.05, 0) is 24.8 Å². The van der Waals surface area contributed by atoms with Crippen molar-refractivity contribution >= 4 is 23.3 Å². The van der Waals surface area contributed by atoms with Crippen LogP contribution in [0.4, 0.5) is 11.5 Å². The van der Waals surface area contributed by atoms with Crippen LogP contribution in [-0.2, 0) is 9.59 Å². The van der Waals surface area contributed by atoms with E-state index in [1.807, 2.05) is 9.80 Å². The van der Waals surface area contributed by atoms with Crippen molar-refractivity contribution < 1.29 is 9.59 Å². The van der Waals surface area contributed by atoms with E-state index in [-0.39, 0.29) is 11.8 Å². The fourth-order valence-electron chi connectivity index (χ4n) is 3.90. The van der Waals surface area contributed by atoms with Crippen LogP contribution < -0.4 is 10.2 Å². The Bertz CT molecular complexity index is 705. The second-order valence-electron chi connectivity index (χ2n) is 8.21. The first-order valence-corrected chi connectivity index (χ1v) is 10.4. The zero-order valence-corrected chi connectivity index (χ0v) is 17.6. The highest BCUT2D eigenvalue weighted by Crippen LogP contribution is 2.26. The van der Waals surface area contributed by atoms with Gasteiger partial charge in [0, 0.05) is 76.6 Å². The molecular weight excluding hydrogens is 354 g/mol. The van der Waals surface area contributed by atoms with Crippen LogP contribution in [0.2, 0.25) is 0 Å². The normalized spacial score (nSPS) is 18.5. The summed E-state index contributed by atoms with van der Waals surface area (Å²) in [6.45, 7) is 12.3. The fourth-order valence-corrected chi connectivity index (χ4v) is 3.90. The molecule has 154 valence electrons. The Hall–Kier alpha value is -2.31. The Kier molecular flexibility index (Phi) is 6.42. The molecule has 2 aliphatic heterocycles. The highest BCUT2D eigenvalue weighted by molar-refractivity contribution is 5.74. The van der Waals surface area contributed by atoms with Crippen LogP contribution in [0.5, 0.6) is 0 Å². The summed E-state index contributed by atoms with van der Waals surface area (Å²) in [4.78, 5) is 34.1. The van der Waals surface area contributed by atoms with Crippen molar-refractivity contribution in [1.82, 2.24) is 14.8 Å². The number of aromatic nitrogens is 1. The van der Waals surface area contributed by atoms with E-state index in [4.69, 9.17) is 4.98 Å². The molecule has 1 aromatic heterocycles. The number of hydrogen-bond acceptors (Lipinski definition) is 5. The molecule has 3 heterocycles. The number of anilines is 2. The zero-order valence-electron chi connectivity index (χ0n) is 17.6. The maximum absolute atomic E-state index is 11.6. The van der Waals surface area contributed by atoms with Crippen LogP contribution in [0.3, 0.4) is 0 Å². The summed E-state index contributed by atoms with van der Waals surface area (Å²) in [6.07, 6.45) is 1.93. The average Bonchev–Trinajstić information content (AvgIpc) is 2.68. The molecule has 0 aromatic carbocycles. The molecule has 0 spiro atoms. The quantitative estimate of drug-likeness (QED) is 0.859. The fraction of sp³-hybridized carbons (Fsp3) is 0.667. The topological polar surface area (TPSA) is 68.8 Å². The number of likely N-dealkylation sites (tertiary alicyclic amines) is 1. The van der Waals surface area contributed by atoms with Crippen LogP contribution >= 0.6 is 0 Å². The lowest BCUT2D eigenvalue weighted by Crippen LogP contribution is -2.48. The lowest BCUT2D eigenvalue weighted by Gasteiger charge is -2.36. The second kappa shape index (κ2) is 8.80. The van der Waals surface area contributed by atoms with E-state index in [1.54, 1.807) is 13.8 Å². The third-order valence-corrected chi connectivity index (χ3v) is 5.78. The summed E-state index contributed by atoms with van der Waals surface area (Å²) < 4.78 is 0. The smallest absolute Gasteiger partial charge is 0.219 e. The van der Waals surface area contributed by atoms with E-state index in [0.29, 0.717) is 12.0 Å². The number of amides is 2. The summed E-state index contributed by atoms with van der Waals surface area (Å²) >= 11 is 0. The number of piperazine rings is 1. The first-order chi connectivity index (χ1) is 13.3. The Morgan fingerprint density at radius 3 is 2.07 bits per heavy atom. The maximum atomic E-state index is 11.6. The lowest BCUT2D eigenvalue weighted by atomic mass is 10.0. The molecule has 0 aliphatic carbocycles. The standard InChI is InChI=1S/C21H33N5O2/c1-15(2)20-13-19(22-18-5-7-24(8-6-18)16(3)27)14-21(23-20)26-11-9-25(10-12-26)17(4)28/h13-15,18H,5-12H2,1-4H3,(H,22,23). The molecule has 3 rings (SSSR count). The van der Waals surface area contributed by atoms with Crippen molar-refractivity contribution in [3.05, 3.63) is 17.8 Å². The molecule has 0 unspecified atom stereocenters. The molecular formula is C21H33N5O2. The number of carbonyl (C=O) groups is 2. The summed E-state index contributed by atoms with van der Waals surface area (Å²) in [5.41, 5.74) is 2.18. The van der Waals surface area contributed by atoms with E-state index in [2.05, 4.69) is 36.2 Å². The third-order valence-electron chi connectivity index (χ3n) is 5.78. The molecule has 7 nitrogen and oxygen atoms in total. The molecule has 2 saturated heterocycles. The van der Waals surface area contributed by atoms with Gasteiger partial charge in [-0.3, -0.25) is 9.59 Å². The van der Waals surface area contributed by atoms with Crippen LogP contribution in [0.1, 0.15) is 52.1 Å². The highest BCUT2D eigenvalue weighted by Gasteiger charge is 2.23. The summed E-state index contributed by atoms with van der Waals surface area (Å²) in [5, 5.41) is 3.67. The van der Waals surface area contributed by atoms with Crippen molar-refractivity contribution in [3.8, 4) is 0 Å². The van der Waals surface area contributed by atoms with E-state index >= 15 is 0 Å². The Labute approximate surface area is 168 Å². The molecule has 28 heavy (non-hydrogen) atoms. The third kappa shape index (κ3) is 4.94. The summed E-state index contributed by atoms with van der Waals surface area (Å²) in [7, 11) is 0. The first-order valence-electron chi connectivity index (χ1n) is 10.4. The predicted octanol–water partition coefficient (Wildman–Crippen LogP) is 2.30. The monoisotopic (exact) mass is 387 g/mol. The highest BCUT2D eigenvalue weighted by atomic mass is 16.2. The molecule has 2 aliphatic rings. The van der Waals surface area contributed by atoms with E-state index in [1.165, 1.54) is 0 Å². The van der Waals surface area contributed by atoms with Gasteiger partial charge in [0.1, 0.15) is 5.82 Å². The van der Waals surface area contributed by atoms with Gasteiger partial charge in [-0.1, -0.05) is 13.8 Å². The van der Waals surface area contributed by atoms with Gasteiger partial charge < -0.3 is 20.0 Å². The van der Waals surface area contributed by atoms with Crippen molar-refractivity contribution in [2.75, 3.05) is 49.5 Å². The number of nitrogens with zero attached hydrogens (tertiary/aromatic N) is 4. The van der Waals surface area contributed by atoms with E-state index in [9.17, 15) is 9.59 Å². The van der Waals surface area contributed by atoms with Crippen molar-refractivity contribution in [2.24, 2.45) is 0 Å². The molecule has 0 saturated carbocycles. The number of hydrogen-bond donors (Lipinski definition) is 1. The second-order valence-corrected chi connectivity index (χ2v) is 8.21. The molecule has 2 fully saturated rings. The Balaban J connectivity index is 1.70. The summed E-state index contributed by atoms with van der Waals surface area (Å²) in [5.74, 6) is 1.64. The Morgan fingerprint density at radius 1 is 0.964 bits per heavy atom. The van der Waals surface area contributed by atoms with Crippen LogP contribution in [0, 0.1) is 0 Å². The minimum absolute atomic E-state index is 0.141. The van der Waals surface area contributed by atoms with Gasteiger partial charge in [0.2, 0.25) is 11.8 Å². The molecule has 1 aromatic rings. The molecule has 1 N–H and O–H groups in total. The van der Waals surface area contributed by atoms with Gasteiger partial charge >= 0.3 is 0 Å². The molecule has 7 heteroatoms. The van der Waals surface area contributed by atoms with Crippen LogP contribution in [-0.4, -0.2) is 71.9 Å². The Morgan fingerprint density at radius 2 is 1.54 bits per heavy atom. The number of piperidine rings is 1. The number of rotatable bonds is 4. The van der Waals surface area contributed by atoms with Gasteiger partial charge in [0.15, 0.2) is 0 Å². The van der Waals surface area contributed by atoms with Crippen LogP contribution in [0.15, 0.2) is 12.1 Å². The number of nitrogens with one attached hydrogen (secondary N) is 1. The molecule has 2 amide bonds. The predicted molar refractivity (Wildman–Crippen MR) is 112 cm³/mol. The SMILES string of the molecule is CC(=O)N1CCC(Nc2cc(C(C)C)nc(N3CCN(C(C)=O)CC3)c2)CC1. The van der Waals surface area contributed by atoms with E-state index < -0.39 is 0 Å². The van der Waals surface area contributed by atoms with Gasteiger partial charge in [0.25, 0.3) is 0 Å². The van der Waals surface area contributed by atoms with Gasteiger partial charge in [-0.2, -0.15) is 0 Å². The number of pyridine rings is 1. The largest absolute Gasteiger partial charge is 0.382 e. The average molecular weight is 388 g/mol. The van der Waals surface area contributed by atoms with Gasteiger partial charge in [0.05, 0.1) is 0 Å². The molecule has 0 atom stereocenters. The molecule has 0 bridgehead atoms. The van der Waals surface area contributed by atoms with Crippen molar-refractivity contribution in [1.29, 1.82) is 0 Å². The zero-order chi connectivity index (χ0) is 20.3. The van der Waals surface area contributed by atoms with Gasteiger partial charge in [-0.15, -0.1) is 0 Å². The lowest BCUT2D eigenvalue weighted by molar-refractivity contribution is -0.130.